The topological polar surface area (TPSA) is 64.1 Å². The summed E-state index contributed by atoms with van der Waals surface area (Å²) in [5.74, 6) is 1.63. The molecule has 6 heteroatoms. The molecule has 1 aliphatic heterocycles. The fourth-order valence-electron chi connectivity index (χ4n) is 2.53. The van der Waals surface area contributed by atoms with Gasteiger partial charge in [-0.3, -0.25) is 4.99 Å². The molecular formula is C19H31N3O3. The predicted molar refractivity (Wildman–Crippen MR) is 100 cm³/mol. The summed E-state index contributed by atoms with van der Waals surface area (Å²) < 4.78 is 17.0. The monoisotopic (exact) mass is 349 g/mol. The molecule has 3 unspecified atom stereocenters. The van der Waals surface area contributed by atoms with Crippen molar-refractivity contribution in [2.45, 2.75) is 45.4 Å². The van der Waals surface area contributed by atoms with Crippen LogP contribution in [-0.4, -0.2) is 57.6 Å². The van der Waals surface area contributed by atoms with E-state index in [0.29, 0.717) is 19.8 Å². The van der Waals surface area contributed by atoms with Crippen molar-refractivity contribution in [1.82, 2.24) is 10.6 Å². The highest BCUT2D eigenvalue weighted by Crippen LogP contribution is 2.13. The molecule has 1 fully saturated rings. The lowest BCUT2D eigenvalue weighted by atomic mass is 10.2. The summed E-state index contributed by atoms with van der Waals surface area (Å²) in [4.78, 5) is 4.26. The normalized spacial score (nSPS) is 20.2. The van der Waals surface area contributed by atoms with Crippen LogP contribution in [0.1, 0.15) is 25.8 Å². The van der Waals surface area contributed by atoms with Crippen LogP contribution in [0.2, 0.25) is 0 Å². The minimum atomic E-state index is 0.0310. The molecular weight excluding hydrogens is 318 g/mol. The van der Waals surface area contributed by atoms with E-state index in [2.05, 4.69) is 29.5 Å². The van der Waals surface area contributed by atoms with Gasteiger partial charge in [-0.05, 0) is 39.3 Å². The number of nitrogens with zero attached hydrogens (tertiary/aromatic N) is 1. The zero-order chi connectivity index (χ0) is 18.1. The molecule has 0 bridgehead atoms. The number of benzene rings is 1. The van der Waals surface area contributed by atoms with Crippen molar-refractivity contribution in [3.63, 3.8) is 0 Å². The van der Waals surface area contributed by atoms with Crippen molar-refractivity contribution < 1.29 is 14.2 Å². The minimum absolute atomic E-state index is 0.0310. The highest BCUT2D eigenvalue weighted by atomic mass is 16.5. The molecule has 0 amide bonds. The van der Waals surface area contributed by atoms with E-state index in [1.807, 2.05) is 31.2 Å². The van der Waals surface area contributed by atoms with E-state index >= 15 is 0 Å². The van der Waals surface area contributed by atoms with E-state index in [9.17, 15) is 0 Å². The summed E-state index contributed by atoms with van der Waals surface area (Å²) in [6.45, 7) is 8.97. The van der Waals surface area contributed by atoms with Gasteiger partial charge in [0.1, 0.15) is 11.9 Å². The summed E-state index contributed by atoms with van der Waals surface area (Å²) in [7, 11) is 1.76. The van der Waals surface area contributed by atoms with Crippen molar-refractivity contribution in [1.29, 1.82) is 0 Å². The van der Waals surface area contributed by atoms with E-state index in [-0.39, 0.29) is 18.2 Å². The third-order valence-electron chi connectivity index (χ3n) is 3.99. The van der Waals surface area contributed by atoms with Gasteiger partial charge in [0.25, 0.3) is 0 Å². The van der Waals surface area contributed by atoms with E-state index in [1.54, 1.807) is 7.05 Å². The molecule has 140 valence electrons. The van der Waals surface area contributed by atoms with Crippen LogP contribution < -0.4 is 15.4 Å². The standard InChI is InChI=1S/C19H31N3O3/c1-14-5-7-17(8-6-14)25-16(3)11-21-19(20-4)22-15(2)12-24-18-9-10-23-13-18/h5-8,15-16,18H,9-13H2,1-4H3,(H2,20,21,22). The molecule has 1 saturated heterocycles. The molecule has 3 atom stereocenters. The Kier molecular flexibility index (Phi) is 8.01. The van der Waals surface area contributed by atoms with Gasteiger partial charge in [-0.2, -0.15) is 0 Å². The molecule has 1 aliphatic rings. The number of guanidine groups is 1. The second kappa shape index (κ2) is 10.3. The van der Waals surface area contributed by atoms with Gasteiger partial charge in [-0.15, -0.1) is 0 Å². The van der Waals surface area contributed by atoms with Gasteiger partial charge in [0.2, 0.25) is 0 Å². The molecule has 25 heavy (non-hydrogen) atoms. The SMILES string of the molecule is CN=C(NCC(C)Oc1ccc(C)cc1)NC(C)COC1CCOC1. The van der Waals surface area contributed by atoms with Gasteiger partial charge in [-0.25, -0.2) is 0 Å². The number of hydrogen-bond donors (Lipinski definition) is 2. The maximum Gasteiger partial charge on any atom is 0.191 e. The first kappa shape index (κ1) is 19.5. The van der Waals surface area contributed by atoms with Crippen molar-refractivity contribution in [3.8, 4) is 5.75 Å². The van der Waals surface area contributed by atoms with Gasteiger partial charge >= 0.3 is 0 Å². The first-order chi connectivity index (χ1) is 12.1. The van der Waals surface area contributed by atoms with E-state index < -0.39 is 0 Å². The Hall–Kier alpha value is -1.79. The molecule has 2 rings (SSSR count). The zero-order valence-corrected chi connectivity index (χ0v) is 15.7. The first-order valence-corrected chi connectivity index (χ1v) is 8.96. The largest absolute Gasteiger partial charge is 0.489 e. The molecule has 0 radical (unpaired) electrons. The molecule has 6 nitrogen and oxygen atoms in total. The summed E-state index contributed by atoms with van der Waals surface area (Å²) >= 11 is 0. The maximum absolute atomic E-state index is 5.90. The third-order valence-corrected chi connectivity index (χ3v) is 3.99. The quantitative estimate of drug-likeness (QED) is 0.556. The number of aliphatic imine (C=N–C) groups is 1. The summed E-state index contributed by atoms with van der Waals surface area (Å²) in [5.41, 5.74) is 1.23. The van der Waals surface area contributed by atoms with Crippen molar-refractivity contribution in [2.75, 3.05) is 33.4 Å². The number of ether oxygens (including phenoxy) is 3. The fourth-order valence-corrected chi connectivity index (χ4v) is 2.53. The van der Waals surface area contributed by atoms with Gasteiger partial charge in [0.05, 0.1) is 25.9 Å². The van der Waals surface area contributed by atoms with Crippen LogP contribution in [0, 0.1) is 6.92 Å². The Morgan fingerprint density at radius 2 is 2.08 bits per heavy atom. The van der Waals surface area contributed by atoms with Crippen LogP contribution in [-0.2, 0) is 9.47 Å². The summed E-state index contributed by atoms with van der Waals surface area (Å²) in [5, 5.41) is 6.63. The van der Waals surface area contributed by atoms with Crippen LogP contribution in [0.3, 0.4) is 0 Å². The smallest absolute Gasteiger partial charge is 0.191 e. The van der Waals surface area contributed by atoms with Crippen molar-refractivity contribution >= 4 is 5.96 Å². The minimum Gasteiger partial charge on any atom is -0.489 e. The highest BCUT2D eigenvalue weighted by molar-refractivity contribution is 5.79. The number of hydrogen-bond acceptors (Lipinski definition) is 4. The van der Waals surface area contributed by atoms with Crippen LogP contribution in [0.4, 0.5) is 0 Å². The summed E-state index contributed by atoms with van der Waals surface area (Å²) in [6, 6.07) is 8.25. The van der Waals surface area contributed by atoms with Crippen LogP contribution in [0.5, 0.6) is 5.75 Å². The molecule has 1 aromatic rings. The Labute approximate surface area is 151 Å². The first-order valence-electron chi connectivity index (χ1n) is 8.96. The zero-order valence-electron chi connectivity index (χ0n) is 15.7. The maximum atomic E-state index is 5.90. The lowest BCUT2D eigenvalue weighted by Gasteiger charge is -2.21. The second-order valence-corrected chi connectivity index (χ2v) is 6.56. The molecule has 1 aromatic carbocycles. The number of rotatable bonds is 8. The number of aryl methyl sites for hydroxylation is 1. The second-order valence-electron chi connectivity index (χ2n) is 6.56. The van der Waals surface area contributed by atoms with Gasteiger partial charge in [0, 0.05) is 19.7 Å². The van der Waals surface area contributed by atoms with E-state index in [0.717, 1.165) is 24.7 Å². The van der Waals surface area contributed by atoms with Crippen LogP contribution in [0.25, 0.3) is 0 Å². The molecule has 0 aliphatic carbocycles. The number of nitrogens with one attached hydrogen (secondary N) is 2. The third kappa shape index (κ3) is 7.32. The van der Waals surface area contributed by atoms with Gasteiger partial charge in [-0.1, -0.05) is 17.7 Å². The van der Waals surface area contributed by atoms with E-state index in [1.165, 1.54) is 5.56 Å². The fraction of sp³-hybridized carbons (Fsp3) is 0.632. The Morgan fingerprint density at radius 3 is 2.72 bits per heavy atom. The lowest BCUT2D eigenvalue weighted by molar-refractivity contribution is 0.0347. The highest BCUT2D eigenvalue weighted by Gasteiger charge is 2.17. The van der Waals surface area contributed by atoms with Crippen molar-refractivity contribution in [2.24, 2.45) is 4.99 Å². The van der Waals surface area contributed by atoms with E-state index in [4.69, 9.17) is 14.2 Å². The van der Waals surface area contributed by atoms with Crippen molar-refractivity contribution in [3.05, 3.63) is 29.8 Å². The Morgan fingerprint density at radius 1 is 1.32 bits per heavy atom. The van der Waals surface area contributed by atoms with Crippen LogP contribution >= 0.6 is 0 Å². The molecule has 2 N–H and O–H groups in total. The Bertz CT molecular complexity index is 527. The lowest BCUT2D eigenvalue weighted by Crippen LogP contribution is -2.46. The Balaban J connectivity index is 1.67. The van der Waals surface area contributed by atoms with Crippen LogP contribution in [0.15, 0.2) is 29.3 Å². The molecule has 1 heterocycles. The van der Waals surface area contributed by atoms with Gasteiger partial charge < -0.3 is 24.8 Å². The summed E-state index contributed by atoms with van der Waals surface area (Å²) in [6.07, 6.45) is 1.23. The molecule has 0 saturated carbocycles. The average molecular weight is 349 g/mol. The average Bonchev–Trinajstić information content (AvgIpc) is 3.12. The van der Waals surface area contributed by atoms with Gasteiger partial charge in [0.15, 0.2) is 5.96 Å². The molecule has 0 spiro atoms. The molecule has 0 aromatic heterocycles. The predicted octanol–water partition coefficient (Wildman–Crippen LogP) is 2.12.